The van der Waals surface area contributed by atoms with Gasteiger partial charge in [0.2, 0.25) is 0 Å². The zero-order valence-corrected chi connectivity index (χ0v) is 14.0. The molecule has 1 aromatic heterocycles. The van der Waals surface area contributed by atoms with Crippen LogP contribution in [0.1, 0.15) is 50.2 Å². The van der Waals surface area contributed by atoms with E-state index in [9.17, 15) is 5.11 Å². The van der Waals surface area contributed by atoms with Gasteiger partial charge in [-0.05, 0) is 13.8 Å². The van der Waals surface area contributed by atoms with Crippen molar-refractivity contribution in [1.29, 1.82) is 0 Å². The maximum absolute atomic E-state index is 10.4. The quantitative estimate of drug-likeness (QED) is 0.931. The molecule has 0 aliphatic carbocycles. The van der Waals surface area contributed by atoms with E-state index in [-0.39, 0.29) is 5.41 Å². The summed E-state index contributed by atoms with van der Waals surface area (Å²) >= 11 is 1.64. The van der Waals surface area contributed by atoms with Gasteiger partial charge in [-0.25, -0.2) is 4.98 Å². The molecule has 114 valence electrons. The number of hydrogen-bond donors (Lipinski definition) is 1. The molecule has 0 atom stereocenters. The first-order valence-electron chi connectivity index (χ1n) is 7.21. The first-order valence-corrected chi connectivity index (χ1v) is 8.03. The van der Waals surface area contributed by atoms with Crippen LogP contribution in [0.4, 0.5) is 0 Å². The zero-order chi connectivity index (χ0) is 15.0. The van der Waals surface area contributed by atoms with Crippen molar-refractivity contribution >= 4 is 11.3 Å². The Kier molecular flexibility index (Phi) is 4.54. The number of nitrogens with zero attached hydrogens (tertiary/aromatic N) is 2. The second-order valence-electron chi connectivity index (χ2n) is 6.98. The minimum Gasteiger partial charge on any atom is -0.385 e. The summed E-state index contributed by atoms with van der Waals surface area (Å²) in [6.45, 7) is 14.5. The van der Waals surface area contributed by atoms with E-state index < -0.39 is 5.60 Å². The van der Waals surface area contributed by atoms with Crippen molar-refractivity contribution in [3.8, 4) is 0 Å². The van der Waals surface area contributed by atoms with Crippen LogP contribution >= 0.6 is 11.3 Å². The minimum atomic E-state index is -0.830. The Morgan fingerprint density at radius 3 is 2.25 bits per heavy atom. The fourth-order valence-corrected chi connectivity index (χ4v) is 3.62. The molecule has 0 bridgehead atoms. The van der Waals surface area contributed by atoms with E-state index in [1.165, 1.54) is 0 Å². The Morgan fingerprint density at radius 2 is 1.80 bits per heavy atom. The Labute approximate surface area is 125 Å². The zero-order valence-electron chi connectivity index (χ0n) is 13.2. The van der Waals surface area contributed by atoms with E-state index in [0.717, 1.165) is 48.4 Å². The summed E-state index contributed by atoms with van der Waals surface area (Å²) in [5.41, 5.74) is 0.150. The standard InChI is InChI=1S/C15H26N2O2S/c1-14(2,3)12-13(15(4,5)18)20-11(16-12)10-17-6-8-19-9-7-17/h18H,6-10H2,1-5H3. The molecule has 0 unspecified atom stereocenters. The second kappa shape index (κ2) is 5.72. The molecule has 2 rings (SSSR count). The fourth-order valence-electron chi connectivity index (χ4n) is 2.31. The predicted molar refractivity (Wildman–Crippen MR) is 82.2 cm³/mol. The SMILES string of the molecule is CC(C)(C)c1nc(CN2CCOCC2)sc1C(C)(C)O. The van der Waals surface area contributed by atoms with Crippen molar-refractivity contribution < 1.29 is 9.84 Å². The monoisotopic (exact) mass is 298 g/mol. The van der Waals surface area contributed by atoms with Crippen molar-refractivity contribution in [2.24, 2.45) is 0 Å². The lowest BCUT2D eigenvalue weighted by Gasteiger charge is -2.25. The van der Waals surface area contributed by atoms with Gasteiger partial charge in [0, 0.05) is 18.5 Å². The lowest BCUT2D eigenvalue weighted by molar-refractivity contribution is 0.0341. The third-order valence-electron chi connectivity index (χ3n) is 3.40. The van der Waals surface area contributed by atoms with Gasteiger partial charge < -0.3 is 9.84 Å². The summed E-state index contributed by atoms with van der Waals surface area (Å²) in [6.07, 6.45) is 0. The summed E-state index contributed by atoms with van der Waals surface area (Å²) in [5.74, 6) is 0. The van der Waals surface area contributed by atoms with Gasteiger partial charge in [-0.1, -0.05) is 20.8 Å². The van der Waals surface area contributed by atoms with E-state index >= 15 is 0 Å². The number of rotatable bonds is 3. The lowest BCUT2D eigenvalue weighted by atomic mass is 9.88. The largest absolute Gasteiger partial charge is 0.385 e. The molecule has 5 heteroatoms. The molecule has 1 saturated heterocycles. The predicted octanol–water partition coefficient (Wildman–Crippen LogP) is 2.50. The molecule has 1 fully saturated rings. The van der Waals surface area contributed by atoms with Crippen LogP contribution in [-0.2, 0) is 22.3 Å². The maximum Gasteiger partial charge on any atom is 0.107 e. The Hall–Kier alpha value is -0.490. The highest BCUT2D eigenvalue weighted by molar-refractivity contribution is 7.11. The van der Waals surface area contributed by atoms with Crippen molar-refractivity contribution in [2.75, 3.05) is 26.3 Å². The van der Waals surface area contributed by atoms with E-state index in [1.54, 1.807) is 11.3 Å². The first kappa shape index (κ1) is 15.9. The van der Waals surface area contributed by atoms with Crippen molar-refractivity contribution in [3.63, 3.8) is 0 Å². The van der Waals surface area contributed by atoms with Crippen LogP contribution in [-0.4, -0.2) is 41.3 Å². The van der Waals surface area contributed by atoms with Gasteiger partial charge in [-0.2, -0.15) is 0 Å². The number of thiazole rings is 1. The average molecular weight is 298 g/mol. The van der Waals surface area contributed by atoms with Gasteiger partial charge in [0.15, 0.2) is 0 Å². The van der Waals surface area contributed by atoms with Crippen LogP contribution in [0.5, 0.6) is 0 Å². The maximum atomic E-state index is 10.4. The van der Waals surface area contributed by atoms with Crippen molar-refractivity contribution in [3.05, 3.63) is 15.6 Å². The highest BCUT2D eigenvalue weighted by atomic mass is 32.1. The summed E-state index contributed by atoms with van der Waals surface area (Å²) in [7, 11) is 0. The fraction of sp³-hybridized carbons (Fsp3) is 0.800. The van der Waals surface area contributed by atoms with E-state index in [2.05, 4.69) is 25.7 Å². The molecule has 0 radical (unpaired) electrons. The van der Waals surface area contributed by atoms with Gasteiger partial charge in [0.05, 0.1) is 35.9 Å². The Morgan fingerprint density at radius 1 is 1.20 bits per heavy atom. The molecule has 20 heavy (non-hydrogen) atoms. The van der Waals surface area contributed by atoms with Crippen LogP contribution in [0.15, 0.2) is 0 Å². The van der Waals surface area contributed by atoms with E-state index in [1.807, 2.05) is 13.8 Å². The topological polar surface area (TPSA) is 45.6 Å². The Bertz CT molecular complexity index is 420. The van der Waals surface area contributed by atoms with Crippen LogP contribution in [0.25, 0.3) is 0 Å². The number of ether oxygens (including phenoxy) is 1. The summed E-state index contributed by atoms with van der Waals surface area (Å²) in [6, 6.07) is 0. The second-order valence-corrected chi connectivity index (χ2v) is 8.07. The van der Waals surface area contributed by atoms with E-state index in [4.69, 9.17) is 9.72 Å². The average Bonchev–Trinajstić information content (AvgIpc) is 2.74. The van der Waals surface area contributed by atoms with Crippen LogP contribution in [0, 0.1) is 0 Å². The third-order valence-corrected chi connectivity index (χ3v) is 4.75. The number of morpholine rings is 1. The van der Waals surface area contributed by atoms with Crippen LogP contribution < -0.4 is 0 Å². The van der Waals surface area contributed by atoms with E-state index in [0.29, 0.717) is 0 Å². The van der Waals surface area contributed by atoms with Crippen molar-refractivity contribution in [1.82, 2.24) is 9.88 Å². The highest BCUT2D eigenvalue weighted by Crippen LogP contribution is 2.36. The molecule has 0 aromatic carbocycles. The first-order chi connectivity index (χ1) is 9.18. The highest BCUT2D eigenvalue weighted by Gasteiger charge is 2.31. The van der Waals surface area contributed by atoms with Gasteiger partial charge in [-0.15, -0.1) is 11.3 Å². The lowest BCUT2D eigenvalue weighted by Crippen LogP contribution is -2.35. The number of aromatic nitrogens is 1. The summed E-state index contributed by atoms with van der Waals surface area (Å²) in [5, 5.41) is 11.5. The molecule has 1 N–H and O–H groups in total. The van der Waals surface area contributed by atoms with Gasteiger partial charge in [0.1, 0.15) is 5.01 Å². The molecular formula is C15H26N2O2S. The van der Waals surface area contributed by atoms with Crippen LogP contribution in [0.3, 0.4) is 0 Å². The van der Waals surface area contributed by atoms with Crippen LogP contribution in [0.2, 0.25) is 0 Å². The van der Waals surface area contributed by atoms with Gasteiger partial charge >= 0.3 is 0 Å². The molecule has 2 heterocycles. The van der Waals surface area contributed by atoms with Crippen molar-refractivity contribution in [2.45, 2.75) is 52.2 Å². The molecule has 4 nitrogen and oxygen atoms in total. The molecule has 0 saturated carbocycles. The molecule has 1 aliphatic rings. The normalized spacial score (nSPS) is 18.5. The number of aliphatic hydroxyl groups is 1. The minimum absolute atomic E-state index is 0.0465. The molecule has 0 spiro atoms. The number of hydrogen-bond acceptors (Lipinski definition) is 5. The summed E-state index contributed by atoms with van der Waals surface area (Å²) in [4.78, 5) is 8.18. The summed E-state index contributed by atoms with van der Waals surface area (Å²) < 4.78 is 5.38. The molecule has 0 amide bonds. The van der Waals surface area contributed by atoms with Gasteiger partial charge in [0.25, 0.3) is 0 Å². The van der Waals surface area contributed by atoms with Gasteiger partial charge in [-0.3, -0.25) is 4.90 Å². The Balaban J connectivity index is 2.24. The smallest absolute Gasteiger partial charge is 0.107 e. The molecular weight excluding hydrogens is 272 g/mol. The molecule has 1 aromatic rings. The third kappa shape index (κ3) is 3.79. The molecule has 1 aliphatic heterocycles.